The molecule has 1 rings (SSSR count). The summed E-state index contributed by atoms with van der Waals surface area (Å²) in [6.45, 7) is 16.9. The van der Waals surface area contributed by atoms with Crippen molar-refractivity contribution in [2.24, 2.45) is 16.2 Å². The first kappa shape index (κ1) is 23.4. The number of aliphatic hydroxyl groups is 1. The number of ether oxygens (including phenoxy) is 2. The fourth-order valence-electron chi connectivity index (χ4n) is 4.32. The summed E-state index contributed by atoms with van der Waals surface area (Å²) in [7, 11) is 0. The van der Waals surface area contributed by atoms with Crippen LogP contribution in [0.15, 0.2) is 0 Å². The third-order valence-corrected chi connectivity index (χ3v) is 6.72. The minimum absolute atomic E-state index is 0.0438. The van der Waals surface area contributed by atoms with E-state index in [0.717, 1.165) is 44.9 Å². The molecule has 0 bridgehead atoms. The second-order valence-electron chi connectivity index (χ2n) is 10.3. The Balaban J connectivity index is 2.77. The standard InChI is InChI=1S/C22H42O4/c1-9-20(6,7)21(8,16-19(3,4)5)18(24)25-15-17(23)26-22(10-2)13-11-12-14-22/h18,24H,9-16H2,1-8H3. The van der Waals surface area contributed by atoms with E-state index in [-0.39, 0.29) is 29.0 Å². The molecule has 0 amide bonds. The monoisotopic (exact) mass is 370 g/mol. The van der Waals surface area contributed by atoms with Crippen LogP contribution < -0.4 is 0 Å². The quantitative estimate of drug-likeness (QED) is 0.432. The van der Waals surface area contributed by atoms with Crippen molar-refractivity contribution in [2.45, 2.75) is 112 Å². The van der Waals surface area contributed by atoms with Gasteiger partial charge in [0, 0.05) is 5.41 Å². The van der Waals surface area contributed by atoms with Crippen molar-refractivity contribution >= 4 is 5.97 Å². The van der Waals surface area contributed by atoms with Crippen LogP contribution in [0.2, 0.25) is 0 Å². The molecule has 1 aliphatic rings. The molecule has 2 atom stereocenters. The van der Waals surface area contributed by atoms with Gasteiger partial charge in [0.15, 0.2) is 6.29 Å². The normalized spacial score (nSPS) is 21.3. The third kappa shape index (κ3) is 5.69. The summed E-state index contributed by atoms with van der Waals surface area (Å²) < 4.78 is 11.4. The van der Waals surface area contributed by atoms with Crippen molar-refractivity contribution in [3.05, 3.63) is 0 Å². The number of carbonyl (C=O) groups excluding carboxylic acids is 1. The van der Waals surface area contributed by atoms with Crippen LogP contribution in [0.1, 0.15) is 100 Å². The zero-order valence-corrected chi connectivity index (χ0v) is 18.4. The largest absolute Gasteiger partial charge is 0.457 e. The van der Waals surface area contributed by atoms with E-state index in [9.17, 15) is 9.90 Å². The molecule has 0 aromatic heterocycles. The number of hydrogen-bond donors (Lipinski definition) is 1. The van der Waals surface area contributed by atoms with E-state index in [4.69, 9.17) is 9.47 Å². The van der Waals surface area contributed by atoms with E-state index in [1.807, 2.05) is 0 Å². The molecule has 1 aliphatic carbocycles. The molecular formula is C22H42O4. The average molecular weight is 371 g/mol. The van der Waals surface area contributed by atoms with Gasteiger partial charge in [-0.15, -0.1) is 0 Å². The predicted octanol–water partition coefficient (Wildman–Crippen LogP) is 5.47. The molecule has 154 valence electrons. The zero-order chi connectivity index (χ0) is 20.2. The Hall–Kier alpha value is -0.610. The summed E-state index contributed by atoms with van der Waals surface area (Å²) in [4.78, 5) is 12.3. The van der Waals surface area contributed by atoms with E-state index in [1.165, 1.54) is 0 Å². The number of aliphatic hydroxyl groups excluding tert-OH is 1. The summed E-state index contributed by atoms with van der Waals surface area (Å²) >= 11 is 0. The first-order valence-electron chi connectivity index (χ1n) is 10.3. The van der Waals surface area contributed by atoms with Crippen molar-refractivity contribution in [1.29, 1.82) is 0 Å². The van der Waals surface area contributed by atoms with E-state index < -0.39 is 11.7 Å². The highest BCUT2D eigenvalue weighted by Crippen LogP contribution is 2.51. The number of esters is 1. The van der Waals surface area contributed by atoms with Gasteiger partial charge >= 0.3 is 5.97 Å². The van der Waals surface area contributed by atoms with Crippen LogP contribution in [0.4, 0.5) is 0 Å². The molecule has 26 heavy (non-hydrogen) atoms. The topological polar surface area (TPSA) is 55.8 Å². The van der Waals surface area contributed by atoms with Gasteiger partial charge in [0.1, 0.15) is 12.2 Å². The Kier molecular flexibility index (Phi) is 7.75. The van der Waals surface area contributed by atoms with Crippen molar-refractivity contribution in [2.75, 3.05) is 6.61 Å². The molecule has 1 saturated carbocycles. The van der Waals surface area contributed by atoms with Crippen molar-refractivity contribution in [3.63, 3.8) is 0 Å². The maximum atomic E-state index is 12.3. The molecule has 4 heteroatoms. The lowest BCUT2D eigenvalue weighted by atomic mass is 9.59. The molecule has 0 saturated heterocycles. The van der Waals surface area contributed by atoms with Gasteiger partial charge in [0.25, 0.3) is 0 Å². The summed E-state index contributed by atoms with van der Waals surface area (Å²) in [6, 6.07) is 0. The van der Waals surface area contributed by atoms with Crippen LogP contribution in [0.3, 0.4) is 0 Å². The number of hydrogen-bond acceptors (Lipinski definition) is 4. The fraction of sp³-hybridized carbons (Fsp3) is 0.955. The molecule has 0 aromatic rings. The first-order chi connectivity index (χ1) is 11.8. The lowest BCUT2D eigenvalue weighted by Gasteiger charge is -2.49. The molecule has 0 aliphatic heterocycles. The van der Waals surface area contributed by atoms with Crippen LogP contribution in [-0.4, -0.2) is 29.6 Å². The van der Waals surface area contributed by atoms with Gasteiger partial charge in [-0.3, -0.25) is 0 Å². The fourth-order valence-corrected chi connectivity index (χ4v) is 4.32. The minimum Gasteiger partial charge on any atom is -0.457 e. The number of rotatable bonds is 9. The summed E-state index contributed by atoms with van der Waals surface area (Å²) in [5.74, 6) is -0.361. The molecular weight excluding hydrogens is 328 g/mol. The summed E-state index contributed by atoms with van der Waals surface area (Å²) in [5, 5.41) is 10.9. The summed E-state index contributed by atoms with van der Waals surface area (Å²) in [5.41, 5.74) is -0.860. The molecule has 0 radical (unpaired) electrons. The van der Waals surface area contributed by atoms with Gasteiger partial charge < -0.3 is 14.6 Å². The molecule has 1 fully saturated rings. The average Bonchev–Trinajstić information content (AvgIpc) is 2.99. The molecule has 0 spiro atoms. The van der Waals surface area contributed by atoms with Gasteiger partial charge in [-0.25, -0.2) is 4.79 Å². The smallest absolute Gasteiger partial charge is 0.332 e. The van der Waals surface area contributed by atoms with E-state index in [1.54, 1.807) is 0 Å². The number of carbonyl (C=O) groups is 1. The second kappa shape index (κ2) is 8.60. The van der Waals surface area contributed by atoms with Gasteiger partial charge in [0.2, 0.25) is 0 Å². The lowest BCUT2D eigenvalue weighted by Crippen LogP contribution is -2.48. The van der Waals surface area contributed by atoms with Crippen molar-refractivity contribution in [3.8, 4) is 0 Å². The lowest BCUT2D eigenvalue weighted by molar-refractivity contribution is -0.224. The van der Waals surface area contributed by atoms with E-state index >= 15 is 0 Å². The molecule has 0 heterocycles. The second-order valence-corrected chi connectivity index (χ2v) is 10.3. The van der Waals surface area contributed by atoms with Crippen LogP contribution in [-0.2, 0) is 14.3 Å². The van der Waals surface area contributed by atoms with Crippen LogP contribution in [0, 0.1) is 16.2 Å². The molecule has 4 nitrogen and oxygen atoms in total. The maximum absolute atomic E-state index is 12.3. The Morgan fingerprint density at radius 3 is 2.04 bits per heavy atom. The Morgan fingerprint density at radius 1 is 1.08 bits per heavy atom. The van der Waals surface area contributed by atoms with Crippen molar-refractivity contribution < 1.29 is 19.4 Å². The van der Waals surface area contributed by atoms with Crippen LogP contribution in [0.5, 0.6) is 0 Å². The SMILES string of the molecule is CCC1(OC(=O)COC(O)C(C)(CC(C)(C)C)C(C)(C)CC)CCCC1. The van der Waals surface area contributed by atoms with Gasteiger partial charge in [0.05, 0.1) is 0 Å². The third-order valence-electron chi connectivity index (χ3n) is 6.72. The Bertz CT molecular complexity index is 457. The maximum Gasteiger partial charge on any atom is 0.332 e. The van der Waals surface area contributed by atoms with Crippen LogP contribution >= 0.6 is 0 Å². The predicted molar refractivity (Wildman–Crippen MR) is 106 cm³/mol. The Morgan fingerprint density at radius 2 is 1.62 bits per heavy atom. The van der Waals surface area contributed by atoms with E-state index in [2.05, 4.69) is 55.4 Å². The van der Waals surface area contributed by atoms with Gasteiger partial charge in [-0.05, 0) is 49.4 Å². The molecule has 1 N–H and O–H groups in total. The highest BCUT2D eigenvalue weighted by Gasteiger charge is 2.48. The molecule has 0 aromatic carbocycles. The van der Waals surface area contributed by atoms with E-state index in [0.29, 0.717) is 0 Å². The van der Waals surface area contributed by atoms with Crippen LogP contribution in [0.25, 0.3) is 0 Å². The minimum atomic E-state index is -1.01. The molecule has 2 unspecified atom stereocenters. The first-order valence-corrected chi connectivity index (χ1v) is 10.3. The Labute approximate surface area is 161 Å². The van der Waals surface area contributed by atoms with Crippen molar-refractivity contribution in [1.82, 2.24) is 0 Å². The van der Waals surface area contributed by atoms with Gasteiger partial charge in [-0.2, -0.15) is 0 Å². The zero-order valence-electron chi connectivity index (χ0n) is 18.4. The summed E-state index contributed by atoms with van der Waals surface area (Å²) in [6.07, 6.45) is 5.64. The highest BCUT2D eigenvalue weighted by molar-refractivity contribution is 5.71. The van der Waals surface area contributed by atoms with Gasteiger partial charge in [-0.1, -0.05) is 61.8 Å². The highest BCUT2D eigenvalue weighted by atomic mass is 16.6.